The molecule has 0 radical (unpaired) electrons. The molecule has 1 heterocycles. The van der Waals surface area contributed by atoms with Gasteiger partial charge in [-0.15, -0.1) is 0 Å². The number of hydrogen-bond donors (Lipinski definition) is 1. The van der Waals surface area contributed by atoms with Crippen molar-refractivity contribution in [3.8, 4) is 0 Å². The highest BCUT2D eigenvalue weighted by Crippen LogP contribution is 2.34. The number of carbonyl (C=O) groups is 1. The van der Waals surface area contributed by atoms with Gasteiger partial charge in [-0.2, -0.15) is 0 Å². The van der Waals surface area contributed by atoms with Crippen LogP contribution in [0.4, 0.5) is 0 Å². The van der Waals surface area contributed by atoms with Gasteiger partial charge in [-0.3, -0.25) is 0 Å². The predicted molar refractivity (Wildman–Crippen MR) is 66.1 cm³/mol. The Kier molecular flexibility index (Phi) is 2.97. The molecule has 0 spiro atoms. The van der Waals surface area contributed by atoms with Crippen molar-refractivity contribution in [1.29, 1.82) is 0 Å². The summed E-state index contributed by atoms with van der Waals surface area (Å²) in [7, 11) is 1.31. The Morgan fingerprint density at radius 2 is 2.24 bits per heavy atom. The molecule has 5 heteroatoms. The van der Waals surface area contributed by atoms with Gasteiger partial charge in [-0.1, -0.05) is 0 Å². The van der Waals surface area contributed by atoms with E-state index in [4.69, 9.17) is 4.42 Å². The summed E-state index contributed by atoms with van der Waals surface area (Å²) in [5.74, 6) is -0.453. The van der Waals surface area contributed by atoms with E-state index in [1.807, 2.05) is 0 Å². The molecule has 90 valence electrons. The molecule has 0 saturated heterocycles. The summed E-state index contributed by atoms with van der Waals surface area (Å²) in [4.78, 5) is 11.5. The Bertz CT molecular complexity index is 565. The fraction of sp³-hybridized carbons (Fsp3) is 0.250. The van der Waals surface area contributed by atoms with Crippen LogP contribution in [0, 0.1) is 0 Å². The average Bonchev–Trinajstić information content (AvgIpc) is 2.72. The third kappa shape index (κ3) is 2.21. The Morgan fingerprint density at radius 3 is 2.82 bits per heavy atom. The van der Waals surface area contributed by atoms with E-state index in [9.17, 15) is 9.90 Å². The van der Waals surface area contributed by atoms with E-state index in [-0.39, 0.29) is 0 Å². The number of ether oxygens (including phenoxy) is 1. The summed E-state index contributed by atoms with van der Waals surface area (Å²) in [5.41, 5.74) is 1.40. The first-order valence-electron chi connectivity index (χ1n) is 4.95. The quantitative estimate of drug-likeness (QED) is 0.684. The number of benzene rings is 1. The van der Waals surface area contributed by atoms with Gasteiger partial charge in [0, 0.05) is 10.9 Å². The molecular weight excluding hydrogens is 288 g/mol. The standard InChI is InChI=1S/C12H11BrO4/c1-12(13,15)9-6-8(11(14)16-2)5-7-3-4-17-10(7)9/h3-6,15H,1-2H3. The molecule has 0 bridgehead atoms. The summed E-state index contributed by atoms with van der Waals surface area (Å²) < 4.78 is 8.69. The van der Waals surface area contributed by atoms with Gasteiger partial charge >= 0.3 is 5.97 Å². The molecule has 4 nitrogen and oxygen atoms in total. The van der Waals surface area contributed by atoms with Crippen molar-refractivity contribution in [3.05, 3.63) is 35.6 Å². The summed E-state index contributed by atoms with van der Waals surface area (Å²) in [6.07, 6.45) is 1.51. The maximum absolute atomic E-state index is 11.5. The second-order valence-corrected chi connectivity index (χ2v) is 5.35. The van der Waals surface area contributed by atoms with E-state index >= 15 is 0 Å². The Hall–Kier alpha value is -1.33. The lowest BCUT2D eigenvalue weighted by atomic mass is 10.0. The molecule has 1 N–H and O–H groups in total. The fourth-order valence-corrected chi connectivity index (χ4v) is 1.95. The topological polar surface area (TPSA) is 59.7 Å². The van der Waals surface area contributed by atoms with Gasteiger partial charge in [0.1, 0.15) is 10.1 Å². The number of halogens is 1. The Balaban J connectivity index is 2.71. The number of hydrogen-bond acceptors (Lipinski definition) is 4. The molecule has 0 saturated carbocycles. The Labute approximate surface area is 106 Å². The minimum atomic E-state index is -1.27. The van der Waals surface area contributed by atoms with Crippen molar-refractivity contribution in [2.24, 2.45) is 0 Å². The van der Waals surface area contributed by atoms with Crippen molar-refractivity contribution >= 4 is 32.9 Å². The summed E-state index contributed by atoms with van der Waals surface area (Å²) in [5, 5.41) is 10.7. The van der Waals surface area contributed by atoms with Crippen molar-refractivity contribution in [2.75, 3.05) is 7.11 Å². The first kappa shape index (κ1) is 12.1. The lowest BCUT2D eigenvalue weighted by Crippen LogP contribution is -2.13. The molecule has 2 aromatic rings. The number of esters is 1. The van der Waals surface area contributed by atoms with Gasteiger partial charge in [-0.25, -0.2) is 4.79 Å². The third-order valence-electron chi connectivity index (χ3n) is 2.46. The van der Waals surface area contributed by atoms with E-state index in [0.29, 0.717) is 16.7 Å². The lowest BCUT2D eigenvalue weighted by molar-refractivity contribution is 0.0600. The fourth-order valence-electron chi connectivity index (χ4n) is 1.66. The molecule has 2 rings (SSSR count). The third-order valence-corrected chi connectivity index (χ3v) is 2.89. The molecule has 0 aliphatic carbocycles. The highest BCUT2D eigenvalue weighted by molar-refractivity contribution is 9.09. The van der Waals surface area contributed by atoms with E-state index in [2.05, 4.69) is 20.7 Å². The normalized spacial score (nSPS) is 14.6. The van der Waals surface area contributed by atoms with Crippen LogP contribution in [0.15, 0.2) is 28.9 Å². The van der Waals surface area contributed by atoms with Crippen LogP contribution in [0.25, 0.3) is 11.0 Å². The molecule has 0 amide bonds. The monoisotopic (exact) mass is 298 g/mol. The molecule has 1 unspecified atom stereocenters. The Morgan fingerprint density at radius 1 is 1.53 bits per heavy atom. The number of alkyl halides is 1. The van der Waals surface area contributed by atoms with Gasteiger partial charge in [0.15, 0.2) is 0 Å². The van der Waals surface area contributed by atoms with E-state index in [0.717, 1.165) is 5.39 Å². The number of methoxy groups -OCH3 is 1. The van der Waals surface area contributed by atoms with Crippen LogP contribution < -0.4 is 0 Å². The second-order valence-electron chi connectivity index (χ2n) is 3.81. The largest absolute Gasteiger partial charge is 0.465 e. The van der Waals surface area contributed by atoms with Gasteiger partial charge in [0.2, 0.25) is 0 Å². The van der Waals surface area contributed by atoms with Gasteiger partial charge in [0.25, 0.3) is 0 Å². The van der Waals surface area contributed by atoms with Gasteiger partial charge < -0.3 is 14.3 Å². The first-order chi connectivity index (χ1) is 7.93. The second kappa shape index (κ2) is 4.16. The van der Waals surface area contributed by atoms with Crippen LogP contribution in [-0.4, -0.2) is 18.2 Å². The number of carbonyl (C=O) groups excluding carboxylic acids is 1. The van der Waals surface area contributed by atoms with Crippen LogP contribution in [0.3, 0.4) is 0 Å². The van der Waals surface area contributed by atoms with Crippen molar-refractivity contribution < 1.29 is 19.1 Å². The smallest absolute Gasteiger partial charge is 0.337 e. The van der Waals surface area contributed by atoms with Crippen LogP contribution in [0.2, 0.25) is 0 Å². The highest BCUT2D eigenvalue weighted by atomic mass is 79.9. The predicted octanol–water partition coefficient (Wildman–Crippen LogP) is 2.78. The van der Waals surface area contributed by atoms with Crippen LogP contribution in [0.5, 0.6) is 0 Å². The van der Waals surface area contributed by atoms with E-state index < -0.39 is 10.5 Å². The molecule has 1 aromatic carbocycles. The van der Waals surface area contributed by atoms with Crippen molar-refractivity contribution in [1.82, 2.24) is 0 Å². The SMILES string of the molecule is COC(=O)c1cc(C(C)(O)Br)c2occc2c1. The lowest BCUT2D eigenvalue weighted by Gasteiger charge is -2.16. The summed E-state index contributed by atoms with van der Waals surface area (Å²) in [6.45, 7) is 1.56. The molecule has 0 aliphatic heterocycles. The van der Waals surface area contributed by atoms with Crippen molar-refractivity contribution in [3.63, 3.8) is 0 Å². The van der Waals surface area contributed by atoms with Gasteiger partial charge in [0.05, 0.1) is 18.9 Å². The molecule has 0 aliphatic rings. The number of furan rings is 1. The van der Waals surface area contributed by atoms with E-state index in [1.54, 1.807) is 25.1 Å². The zero-order chi connectivity index (χ0) is 12.6. The van der Waals surface area contributed by atoms with E-state index in [1.165, 1.54) is 13.4 Å². The molecule has 17 heavy (non-hydrogen) atoms. The van der Waals surface area contributed by atoms with Crippen molar-refractivity contribution in [2.45, 2.75) is 11.4 Å². The number of aliphatic hydroxyl groups is 1. The number of fused-ring (bicyclic) bond motifs is 1. The minimum Gasteiger partial charge on any atom is -0.465 e. The van der Waals surface area contributed by atoms with Crippen LogP contribution >= 0.6 is 15.9 Å². The molecule has 1 atom stereocenters. The first-order valence-corrected chi connectivity index (χ1v) is 5.74. The maximum atomic E-state index is 11.5. The number of rotatable bonds is 2. The zero-order valence-electron chi connectivity index (χ0n) is 9.36. The summed E-state index contributed by atoms with van der Waals surface area (Å²) >= 11 is 3.14. The zero-order valence-corrected chi connectivity index (χ0v) is 10.9. The van der Waals surface area contributed by atoms with Crippen LogP contribution in [-0.2, 0) is 9.25 Å². The minimum absolute atomic E-state index is 0.371. The average molecular weight is 299 g/mol. The maximum Gasteiger partial charge on any atom is 0.337 e. The summed E-state index contributed by atoms with van der Waals surface area (Å²) in [6, 6.07) is 4.93. The van der Waals surface area contributed by atoms with Crippen LogP contribution in [0.1, 0.15) is 22.8 Å². The van der Waals surface area contributed by atoms with Gasteiger partial charge in [-0.05, 0) is 41.1 Å². The molecule has 0 fully saturated rings. The molecular formula is C12H11BrO4. The molecule has 1 aromatic heterocycles. The highest BCUT2D eigenvalue weighted by Gasteiger charge is 2.25.